The number of nitriles is 1. The molecule has 6 rings (SSSR count). The lowest BCUT2D eigenvalue weighted by Crippen LogP contribution is -2.49. The van der Waals surface area contributed by atoms with Crippen LogP contribution in [-0.4, -0.2) is 29.7 Å². The van der Waals surface area contributed by atoms with E-state index in [2.05, 4.69) is 11.1 Å². The van der Waals surface area contributed by atoms with Crippen LogP contribution in [0.4, 0.5) is 5.69 Å². The Labute approximate surface area is 188 Å². The molecule has 0 N–H and O–H groups in total. The number of ether oxygens (including phenoxy) is 1. The molecule has 0 atom stereocenters. The van der Waals surface area contributed by atoms with E-state index in [1.165, 1.54) is 50.1 Å². The molecule has 1 aromatic carbocycles. The van der Waals surface area contributed by atoms with E-state index in [4.69, 9.17) is 9.11 Å². The number of rotatable bonds is 5. The highest BCUT2D eigenvalue weighted by Crippen LogP contribution is 2.61. The molecular formula is C25H30N4OS. The topological polar surface area (TPSA) is 61.5 Å². The van der Waals surface area contributed by atoms with E-state index in [1.54, 1.807) is 6.34 Å². The Balaban J connectivity index is 1.45. The van der Waals surface area contributed by atoms with Gasteiger partial charge < -0.3 is 9.64 Å². The molecule has 0 spiro atoms. The van der Waals surface area contributed by atoms with E-state index in [9.17, 15) is 5.26 Å². The molecule has 2 aromatic rings. The van der Waals surface area contributed by atoms with Crippen molar-refractivity contribution in [3.05, 3.63) is 34.5 Å². The predicted octanol–water partition coefficient (Wildman–Crippen LogP) is 6.11. The van der Waals surface area contributed by atoms with Crippen LogP contribution in [0.5, 0.6) is 10.8 Å². The minimum absolute atomic E-state index is 0.105. The Kier molecular flexibility index (Phi) is 5.05. The summed E-state index contributed by atoms with van der Waals surface area (Å²) in [5, 5.41) is 10.7. The normalized spacial score (nSPS) is 28.8. The van der Waals surface area contributed by atoms with E-state index in [0.29, 0.717) is 10.6 Å². The molecule has 1 heterocycles. The van der Waals surface area contributed by atoms with Crippen molar-refractivity contribution in [3.63, 3.8) is 0 Å². The maximum absolute atomic E-state index is 10.1. The number of hydrogen-bond donors (Lipinski definition) is 0. The van der Waals surface area contributed by atoms with Gasteiger partial charge in [0, 0.05) is 31.0 Å². The second-order valence-electron chi connectivity index (χ2n) is 10.2. The number of nitrogens with zero attached hydrogens (tertiary/aromatic N) is 4. The van der Waals surface area contributed by atoms with E-state index >= 15 is 0 Å². The van der Waals surface area contributed by atoms with Gasteiger partial charge in [-0.3, -0.25) is 0 Å². The van der Waals surface area contributed by atoms with Crippen LogP contribution in [0.3, 0.4) is 0 Å². The van der Waals surface area contributed by atoms with E-state index in [1.807, 2.05) is 45.0 Å². The summed E-state index contributed by atoms with van der Waals surface area (Å²) in [6.45, 7) is 4.06. The van der Waals surface area contributed by atoms with E-state index < -0.39 is 0 Å². The lowest BCUT2D eigenvalue weighted by molar-refractivity contribution is -0.00693. The zero-order chi connectivity index (χ0) is 21.8. The van der Waals surface area contributed by atoms with Gasteiger partial charge in [-0.05, 0) is 93.4 Å². The maximum atomic E-state index is 10.1. The van der Waals surface area contributed by atoms with Crippen molar-refractivity contribution >= 4 is 23.6 Å². The molecule has 0 unspecified atom stereocenters. The van der Waals surface area contributed by atoms with Crippen molar-refractivity contribution in [3.8, 4) is 16.9 Å². The lowest BCUT2D eigenvalue weighted by Gasteiger charge is -2.56. The Morgan fingerprint density at radius 3 is 2.35 bits per heavy atom. The van der Waals surface area contributed by atoms with Crippen molar-refractivity contribution in [1.29, 1.82) is 5.26 Å². The fourth-order valence-electron chi connectivity index (χ4n) is 6.51. The number of aliphatic imine (C=N–C) groups is 1. The Morgan fingerprint density at radius 2 is 1.77 bits per heavy atom. The van der Waals surface area contributed by atoms with Crippen molar-refractivity contribution in [2.75, 3.05) is 14.1 Å². The summed E-state index contributed by atoms with van der Waals surface area (Å²) in [7, 11) is 3.91. The summed E-state index contributed by atoms with van der Waals surface area (Å²) in [6, 6.07) is 6.52. The fourth-order valence-corrected chi connectivity index (χ4v) is 7.33. The Hall–Kier alpha value is -2.39. The lowest BCUT2D eigenvalue weighted by atomic mass is 9.48. The average Bonchev–Trinajstić information content (AvgIpc) is 3.12. The van der Waals surface area contributed by atoms with Crippen LogP contribution in [0.1, 0.15) is 60.9 Å². The summed E-state index contributed by atoms with van der Waals surface area (Å²) in [5.41, 5.74) is 4.77. The Bertz CT molecular complexity index is 1040. The minimum atomic E-state index is 0.105. The number of hydrogen-bond acceptors (Lipinski definition) is 5. The van der Waals surface area contributed by atoms with Crippen molar-refractivity contribution in [2.24, 2.45) is 22.7 Å². The molecule has 1 aromatic heterocycles. The zero-order valence-electron chi connectivity index (χ0n) is 18.8. The molecule has 6 heteroatoms. The molecule has 4 saturated carbocycles. The second kappa shape index (κ2) is 7.63. The molecule has 4 fully saturated rings. The van der Waals surface area contributed by atoms with Gasteiger partial charge in [0.25, 0.3) is 0 Å². The molecule has 4 bridgehead atoms. The van der Waals surface area contributed by atoms with Crippen LogP contribution in [0.15, 0.2) is 17.1 Å². The van der Waals surface area contributed by atoms with Crippen molar-refractivity contribution in [1.82, 2.24) is 9.27 Å². The molecule has 4 aliphatic carbocycles. The van der Waals surface area contributed by atoms with Gasteiger partial charge in [-0.1, -0.05) is 0 Å². The van der Waals surface area contributed by atoms with Crippen LogP contribution in [0.25, 0.3) is 0 Å². The molecule has 0 saturated heterocycles. The molecular weight excluding hydrogens is 404 g/mol. The van der Waals surface area contributed by atoms with Gasteiger partial charge in [-0.2, -0.15) is 9.64 Å². The quantitative estimate of drug-likeness (QED) is 0.420. The first-order valence-corrected chi connectivity index (χ1v) is 12.0. The van der Waals surface area contributed by atoms with Crippen LogP contribution < -0.4 is 4.74 Å². The largest absolute Gasteiger partial charge is 0.443 e. The van der Waals surface area contributed by atoms with Crippen LogP contribution in [0.2, 0.25) is 0 Å². The summed E-state index contributed by atoms with van der Waals surface area (Å²) in [5.74, 6) is 3.25. The molecule has 4 aliphatic rings. The second-order valence-corrected chi connectivity index (χ2v) is 11.0. The summed E-state index contributed by atoms with van der Waals surface area (Å²) >= 11 is 1.35. The molecule has 31 heavy (non-hydrogen) atoms. The van der Waals surface area contributed by atoms with Gasteiger partial charge in [0.1, 0.15) is 17.4 Å². The highest BCUT2D eigenvalue weighted by molar-refractivity contribution is 7.08. The zero-order valence-corrected chi connectivity index (χ0v) is 19.6. The van der Waals surface area contributed by atoms with Crippen LogP contribution in [0, 0.1) is 42.9 Å². The smallest absolute Gasteiger partial charge is 0.218 e. The average molecular weight is 435 g/mol. The third-order valence-corrected chi connectivity index (χ3v) is 8.16. The van der Waals surface area contributed by atoms with E-state index in [-0.39, 0.29) is 5.41 Å². The summed E-state index contributed by atoms with van der Waals surface area (Å²) < 4.78 is 11.2. The van der Waals surface area contributed by atoms with Gasteiger partial charge in [0.05, 0.1) is 17.7 Å². The predicted molar refractivity (Wildman–Crippen MR) is 125 cm³/mol. The SMILES string of the molecule is Cc1cc(Oc2snc(C34CC5CC(CC(C5)C3)C4)c2C#N)c(C)cc1/N=C\N(C)C. The molecule has 0 radical (unpaired) electrons. The Morgan fingerprint density at radius 1 is 1.13 bits per heavy atom. The third kappa shape index (κ3) is 3.63. The first-order valence-electron chi connectivity index (χ1n) is 11.3. The van der Waals surface area contributed by atoms with Gasteiger partial charge in [0.2, 0.25) is 5.06 Å². The molecule has 162 valence electrons. The first-order chi connectivity index (χ1) is 14.9. The highest BCUT2D eigenvalue weighted by Gasteiger charge is 2.53. The van der Waals surface area contributed by atoms with Gasteiger partial charge in [-0.15, -0.1) is 0 Å². The van der Waals surface area contributed by atoms with Crippen LogP contribution >= 0.6 is 11.5 Å². The number of benzene rings is 1. The minimum Gasteiger partial charge on any atom is -0.443 e. The van der Waals surface area contributed by atoms with Gasteiger partial charge in [0.15, 0.2) is 0 Å². The molecule has 5 nitrogen and oxygen atoms in total. The van der Waals surface area contributed by atoms with Gasteiger partial charge in [-0.25, -0.2) is 4.99 Å². The van der Waals surface area contributed by atoms with Crippen LogP contribution in [-0.2, 0) is 5.41 Å². The number of aryl methyl sites for hydroxylation is 2. The monoisotopic (exact) mass is 434 g/mol. The first kappa shape index (κ1) is 20.5. The third-order valence-electron chi connectivity index (χ3n) is 7.44. The van der Waals surface area contributed by atoms with Crippen molar-refractivity contribution in [2.45, 2.75) is 57.8 Å². The summed E-state index contributed by atoms with van der Waals surface area (Å²) in [4.78, 5) is 6.46. The van der Waals surface area contributed by atoms with Crippen molar-refractivity contribution < 1.29 is 4.74 Å². The standard InChI is InChI=1S/C25H30N4OS/c1-15-6-22(16(2)5-21(15)27-14-29(3)4)30-24-20(13-26)23(28-31-24)25-10-17-7-18(11-25)9-19(8-17)12-25/h5-6,14,17-19H,7-12H2,1-4H3/b27-14-. The molecule has 0 amide bonds. The van der Waals surface area contributed by atoms with E-state index in [0.717, 1.165) is 46.0 Å². The highest BCUT2D eigenvalue weighted by atomic mass is 32.1. The summed E-state index contributed by atoms with van der Waals surface area (Å²) in [6.07, 6.45) is 9.56. The van der Waals surface area contributed by atoms with Gasteiger partial charge >= 0.3 is 0 Å². The maximum Gasteiger partial charge on any atom is 0.218 e. The fraction of sp³-hybridized carbons (Fsp3) is 0.560. The molecule has 0 aliphatic heterocycles. The number of aromatic nitrogens is 1.